The number of hydrogen-bond donors (Lipinski definition) is 1. The lowest BCUT2D eigenvalue weighted by Crippen LogP contribution is -2.12. The molecule has 0 aliphatic rings. The summed E-state index contributed by atoms with van der Waals surface area (Å²) in [6.45, 7) is 4.27. The van der Waals surface area contributed by atoms with E-state index in [9.17, 15) is 4.39 Å². The van der Waals surface area contributed by atoms with Crippen LogP contribution in [0, 0.1) is 5.82 Å². The molecule has 1 rings (SSSR count). The second kappa shape index (κ2) is 6.45. The summed E-state index contributed by atoms with van der Waals surface area (Å²) in [6.07, 6.45) is 0.126. The number of halogens is 1. The summed E-state index contributed by atoms with van der Waals surface area (Å²) in [7, 11) is 0. The minimum Gasteiger partial charge on any atom is -0.488 e. The van der Waals surface area contributed by atoms with Gasteiger partial charge >= 0.3 is 0 Å². The summed E-state index contributed by atoms with van der Waals surface area (Å²) in [5, 5.41) is 9.01. The van der Waals surface area contributed by atoms with Crippen LogP contribution >= 0.6 is 0 Å². The lowest BCUT2D eigenvalue weighted by Gasteiger charge is -2.12. The van der Waals surface area contributed by atoms with Crippen LogP contribution in [0.25, 0.3) is 0 Å². The Hall–Kier alpha value is -1.13. The Morgan fingerprint density at radius 3 is 2.69 bits per heavy atom. The van der Waals surface area contributed by atoms with Crippen molar-refractivity contribution in [3.63, 3.8) is 0 Å². The normalized spacial score (nSPS) is 10.8. The summed E-state index contributed by atoms with van der Waals surface area (Å²) in [5.41, 5.74) is 0.449. The maximum atomic E-state index is 13.3. The Kier molecular flexibility index (Phi) is 5.22. The zero-order valence-electron chi connectivity index (χ0n) is 9.57. The maximum absolute atomic E-state index is 13.3. The van der Waals surface area contributed by atoms with Crippen molar-refractivity contribution in [2.75, 3.05) is 13.2 Å². The van der Waals surface area contributed by atoms with Gasteiger partial charge in [0.25, 0.3) is 0 Å². The van der Waals surface area contributed by atoms with E-state index in [1.54, 1.807) is 12.1 Å². The van der Waals surface area contributed by atoms with Gasteiger partial charge in [-0.1, -0.05) is 12.1 Å². The van der Waals surface area contributed by atoms with E-state index >= 15 is 0 Å². The molecule has 0 saturated carbocycles. The number of para-hydroxylation sites is 1. The number of rotatable bonds is 6. The van der Waals surface area contributed by atoms with Gasteiger partial charge in [0.2, 0.25) is 0 Å². The standard InChI is InChI=1S/C12H17FO3/c1-9(2)15-6-7-16-12-10(8-14)4-3-5-11(12)13/h3-5,9,14H,6-8H2,1-2H3. The van der Waals surface area contributed by atoms with Gasteiger partial charge in [-0.25, -0.2) is 4.39 Å². The molecule has 0 amide bonds. The molecule has 1 aromatic carbocycles. The average Bonchev–Trinajstić information content (AvgIpc) is 2.25. The van der Waals surface area contributed by atoms with Crippen molar-refractivity contribution in [2.24, 2.45) is 0 Å². The number of hydrogen-bond acceptors (Lipinski definition) is 3. The summed E-state index contributed by atoms with van der Waals surface area (Å²) in [4.78, 5) is 0. The first-order chi connectivity index (χ1) is 7.65. The molecule has 0 atom stereocenters. The second-order valence-corrected chi connectivity index (χ2v) is 3.65. The van der Waals surface area contributed by atoms with E-state index in [1.807, 2.05) is 13.8 Å². The molecule has 16 heavy (non-hydrogen) atoms. The van der Waals surface area contributed by atoms with E-state index in [2.05, 4.69) is 0 Å². The molecule has 1 N–H and O–H groups in total. The minimum atomic E-state index is -0.462. The van der Waals surface area contributed by atoms with Crippen molar-refractivity contribution in [3.8, 4) is 5.75 Å². The molecular formula is C12H17FO3. The van der Waals surface area contributed by atoms with Crippen LogP contribution in [0.2, 0.25) is 0 Å². The van der Waals surface area contributed by atoms with Gasteiger partial charge < -0.3 is 14.6 Å². The highest BCUT2D eigenvalue weighted by molar-refractivity contribution is 5.34. The lowest BCUT2D eigenvalue weighted by atomic mass is 10.2. The van der Waals surface area contributed by atoms with Crippen molar-refractivity contribution in [3.05, 3.63) is 29.6 Å². The first-order valence-electron chi connectivity index (χ1n) is 5.27. The predicted octanol–water partition coefficient (Wildman–Crippen LogP) is 2.12. The van der Waals surface area contributed by atoms with Gasteiger partial charge in [-0.3, -0.25) is 0 Å². The molecule has 0 aromatic heterocycles. The van der Waals surface area contributed by atoms with Crippen molar-refractivity contribution < 1.29 is 19.0 Å². The van der Waals surface area contributed by atoms with Crippen molar-refractivity contribution >= 4 is 0 Å². The van der Waals surface area contributed by atoms with Crippen LogP contribution in [-0.2, 0) is 11.3 Å². The highest BCUT2D eigenvalue weighted by Crippen LogP contribution is 2.22. The SMILES string of the molecule is CC(C)OCCOc1c(F)cccc1CO. The third-order valence-corrected chi connectivity index (χ3v) is 2.00. The number of aliphatic hydroxyl groups excluding tert-OH is 1. The highest BCUT2D eigenvalue weighted by atomic mass is 19.1. The molecular weight excluding hydrogens is 211 g/mol. The van der Waals surface area contributed by atoms with Gasteiger partial charge in [-0.15, -0.1) is 0 Å². The van der Waals surface area contributed by atoms with Gasteiger partial charge in [-0.05, 0) is 19.9 Å². The van der Waals surface area contributed by atoms with E-state index in [4.69, 9.17) is 14.6 Å². The van der Waals surface area contributed by atoms with Gasteiger partial charge in [0.15, 0.2) is 11.6 Å². The van der Waals surface area contributed by atoms with Crippen LogP contribution < -0.4 is 4.74 Å². The van der Waals surface area contributed by atoms with E-state index in [0.717, 1.165) is 0 Å². The largest absolute Gasteiger partial charge is 0.488 e. The van der Waals surface area contributed by atoms with Crippen LogP contribution in [0.3, 0.4) is 0 Å². The number of benzene rings is 1. The summed E-state index contributed by atoms with van der Waals surface area (Å²) >= 11 is 0. The third-order valence-electron chi connectivity index (χ3n) is 2.00. The van der Waals surface area contributed by atoms with E-state index in [0.29, 0.717) is 12.2 Å². The highest BCUT2D eigenvalue weighted by Gasteiger charge is 2.08. The lowest BCUT2D eigenvalue weighted by molar-refractivity contribution is 0.0538. The fourth-order valence-electron chi connectivity index (χ4n) is 1.27. The summed E-state index contributed by atoms with van der Waals surface area (Å²) in [6, 6.07) is 4.47. The molecule has 0 aliphatic heterocycles. The van der Waals surface area contributed by atoms with Crippen molar-refractivity contribution in [1.82, 2.24) is 0 Å². The Morgan fingerprint density at radius 2 is 2.06 bits per heavy atom. The Balaban J connectivity index is 2.52. The van der Waals surface area contributed by atoms with Crippen LogP contribution in [0.15, 0.2) is 18.2 Å². The molecule has 0 radical (unpaired) electrons. The first-order valence-corrected chi connectivity index (χ1v) is 5.27. The molecule has 90 valence electrons. The van der Waals surface area contributed by atoms with E-state index in [1.165, 1.54) is 6.07 Å². The van der Waals surface area contributed by atoms with Gasteiger partial charge in [0, 0.05) is 5.56 Å². The quantitative estimate of drug-likeness (QED) is 0.758. The van der Waals surface area contributed by atoms with Crippen LogP contribution in [0.4, 0.5) is 4.39 Å². The van der Waals surface area contributed by atoms with Crippen molar-refractivity contribution in [1.29, 1.82) is 0 Å². The fourth-order valence-corrected chi connectivity index (χ4v) is 1.27. The molecule has 0 saturated heterocycles. The number of aliphatic hydroxyl groups is 1. The molecule has 4 heteroatoms. The van der Waals surface area contributed by atoms with E-state index < -0.39 is 5.82 Å². The second-order valence-electron chi connectivity index (χ2n) is 3.65. The molecule has 3 nitrogen and oxygen atoms in total. The zero-order chi connectivity index (χ0) is 12.0. The van der Waals surface area contributed by atoms with Gasteiger partial charge in [0.05, 0.1) is 19.3 Å². The third kappa shape index (κ3) is 3.79. The maximum Gasteiger partial charge on any atom is 0.165 e. The number of ether oxygens (including phenoxy) is 2. The molecule has 0 fully saturated rings. The molecule has 0 spiro atoms. The van der Waals surface area contributed by atoms with Crippen LogP contribution in [0.1, 0.15) is 19.4 Å². The Morgan fingerprint density at radius 1 is 1.31 bits per heavy atom. The monoisotopic (exact) mass is 228 g/mol. The Bertz CT molecular complexity index is 326. The Labute approximate surface area is 94.8 Å². The molecule has 0 unspecified atom stereocenters. The summed E-state index contributed by atoms with van der Waals surface area (Å²) < 4.78 is 23.9. The molecule has 0 heterocycles. The minimum absolute atomic E-state index is 0.109. The summed E-state index contributed by atoms with van der Waals surface area (Å²) in [5.74, 6) is -0.353. The topological polar surface area (TPSA) is 38.7 Å². The van der Waals surface area contributed by atoms with E-state index in [-0.39, 0.29) is 25.1 Å². The van der Waals surface area contributed by atoms with Gasteiger partial charge in [0.1, 0.15) is 6.61 Å². The predicted molar refractivity (Wildman–Crippen MR) is 58.9 cm³/mol. The molecule has 0 aliphatic carbocycles. The first kappa shape index (κ1) is 12.9. The van der Waals surface area contributed by atoms with Crippen LogP contribution in [-0.4, -0.2) is 24.4 Å². The van der Waals surface area contributed by atoms with Gasteiger partial charge in [-0.2, -0.15) is 0 Å². The fraction of sp³-hybridized carbons (Fsp3) is 0.500. The molecule has 1 aromatic rings. The average molecular weight is 228 g/mol. The van der Waals surface area contributed by atoms with Crippen LogP contribution in [0.5, 0.6) is 5.75 Å². The smallest absolute Gasteiger partial charge is 0.165 e. The zero-order valence-corrected chi connectivity index (χ0v) is 9.57. The van der Waals surface area contributed by atoms with Crippen molar-refractivity contribution in [2.45, 2.75) is 26.6 Å². The molecule has 0 bridgehead atoms.